The lowest BCUT2D eigenvalue weighted by Crippen LogP contribution is -2.32. The van der Waals surface area contributed by atoms with Crippen molar-refractivity contribution in [3.05, 3.63) is 47.9 Å². The van der Waals surface area contributed by atoms with E-state index in [4.69, 9.17) is 10.5 Å². The SMILES string of the molecule is Nc1ccc(-c2ccc(F)cc2)nc1CC(=O)N1CC2CC(CC3COC3)CC2C1. The number of amides is 1. The van der Waals surface area contributed by atoms with Crippen LogP contribution in [0.4, 0.5) is 10.1 Å². The number of hydrogen-bond acceptors (Lipinski definition) is 4. The first-order valence-corrected chi connectivity index (χ1v) is 10.9. The van der Waals surface area contributed by atoms with E-state index in [1.165, 1.54) is 31.4 Å². The fraction of sp³-hybridized carbons (Fsp3) is 0.500. The van der Waals surface area contributed by atoms with Crippen molar-refractivity contribution in [3.63, 3.8) is 0 Å². The highest BCUT2D eigenvalue weighted by Crippen LogP contribution is 2.44. The van der Waals surface area contributed by atoms with Gasteiger partial charge in [-0.2, -0.15) is 0 Å². The predicted molar refractivity (Wildman–Crippen MR) is 113 cm³/mol. The Labute approximate surface area is 176 Å². The second kappa shape index (κ2) is 7.99. The normalized spacial score (nSPS) is 25.9. The maximum absolute atomic E-state index is 13.2. The highest BCUT2D eigenvalue weighted by atomic mass is 19.1. The maximum atomic E-state index is 13.2. The summed E-state index contributed by atoms with van der Waals surface area (Å²) in [5, 5.41) is 0. The molecule has 2 aliphatic heterocycles. The van der Waals surface area contributed by atoms with Crippen LogP contribution < -0.4 is 5.73 Å². The van der Waals surface area contributed by atoms with Gasteiger partial charge in [-0.1, -0.05) is 0 Å². The van der Waals surface area contributed by atoms with E-state index in [-0.39, 0.29) is 18.1 Å². The summed E-state index contributed by atoms with van der Waals surface area (Å²) in [7, 11) is 0. The number of carbonyl (C=O) groups excluding carboxylic acids is 1. The Morgan fingerprint density at radius 1 is 1.07 bits per heavy atom. The van der Waals surface area contributed by atoms with Gasteiger partial charge < -0.3 is 15.4 Å². The van der Waals surface area contributed by atoms with Crippen molar-refractivity contribution in [1.29, 1.82) is 0 Å². The highest BCUT2D eigenvalue weighted by Gasteiger charge is 2.43. The molecule has 0 spiro atoms. The molecule has 2 aromatic rings. The molecular formula is C24H28FN3O2. The van der Waals surface area contributed by atoms with Crippen LogP contribution in [0.5, 0.6) is 0 Å². The molecule has 30 heavy (non-hydrogen) atoms. The Hall–Kier alpha value is -2.47. The Morgan fingerprint density at radius 3 is 2.40 bits per heavy atom. The number of halogens is 1. The summed E-state index contributed by atoms with van der Waals surface area (Å²) in [6.45, 7) is 3.58. The third kappa shape index (κ3) is 3.93. The summed E-state index contributed by atoms with van der Waals surface area (Å²) in [5.74, 6) is 2.65. The Bertz CT molecular complexity index is 915. The molecule has 1 aromatic heterocycles. The van der Waals surface area contributed by atoms with Gasteiger partial charge in [-0.25, -0.2) is 4.39 Å². The largest absolute Gasteiger partial charge is 0.397 e. The molecule has 3 fully saturated rings. The van der Waals surface area contributed by atoms with Crippen LogP contribution in [0, 0.1) is 29.5 Å². The Kier molecular flexibility index (Phi) is 5.19. The molecule has 1 aliphatic carbocycles. The van der Waals surface area contributed by atoms with Gasteiger partial charge in [0.25, 0.3) is 0 Å². The van der Waals surface area contributed by atoms with E-state index in [1.54, 1.807) is 18.2 Å². The number of likely N-dealkylation sites (tertiary alicyclic amines) is 1. The van der Waals surface area contributed by atoms with E-state index in [0.717, 1.165) is 43.7 Å². The topological polar surface area (TPSA) is 68.5 Å². The number of hydrogen-bond donors (Lipinski definition) is 1. The summed E-state index contributed by atoms with van der Waals surface area (Å²) in [6.07, 6.45) is 3.98. The molecule has 5 nitrogen and oxygen atoms in total. The molecule has 3 aliphatic rings. The van der Waals surface area contributed by atoms with E-state index in [9.17, 15) is 9.18 Å². The van der Waals surface area contributed by atoms with Crippen molar-refractivity contribution >= 4 is 11.6 Å². The molecule has 2 N–H and O–H groups in total. The van der Waals surface area contributed by atoms with Gasteiger partial charge in [0.15, 0.2) is 0 Å². The minimum atomic E-state index is -0.285. The molecule has 1 amide bonds. The lowest BCUT2D eigenvalue weighted by atomic mass is 9.91. The molecule has 158 valence electrons. The lowest BCUT2D eigenvalue weighted by molar-refractivity contribution is -0.129. The van der Waals surface area contributed by atoms with Gasteiger partial charge in [0.2, 0.25) is 5.91 Å². The second-order valence-corrected chi connectivity index (χ2v) is 9.21. The fourth-order valence-electron chi connectivity index (χ4n) is 5.40. The van der Waals surface area contributed by atoms with Gasteiger partial charge in [-0.3, -0.25) is 9.78 Å². The summed E-state index contributed by atoms with van der Waals surface area (Å²) in [5.41, 5.74) is 8.74. The number of nitrogens with zero attached hydrogens (tertiary/aromatic N) is 2. The van der Waals surface area contributed by atoms with Crippen LogP contribution in [0.1, 0.15) is 25.0 Å². The van der Waals surface area contributed by atoms with Crippen molar-refractivity contribution in [2.24, 2.45) is 23.7 Å². The van der Waals surface area contributed by atoms with Gasteiger partial charge in [-0.15, -0.1) is 0 Å². The lowest BCUT2D eigenvalue weighted by Gasteiger charge is -2.29. The number of rotatable bonds is 5. The van der Waals surface area contributed by atoms with Crippen molar-refractivity contribution in [2.75, 3.05) is 32.0 Å². The van der Waals surface area contributed by atoms with Crippen LogP contribution in [-0.4, -0.2) is 42.1 Å². The zero-order chi connectivity index (χ0) is 20.7. The number of pyridine rings is 1. The number of nitrogen functional groups attached to an aromatic ring is 1. The summed E-state index contributed by atoms with van der Waals surface area (Å²) in [4.78, 5) is 19.6. The predicted octanol–water partition coefficient (Wildman–Crippen LogP) is 3.53. The van der Waals surface area contributed by atoms with Crippen LogP contribution in [-0.2, 0) is 16.0 Å². The van der Waals surface area contributed by atoms with Gasteiger partial charge in [0, 0.05) is 24.6 Å². The molecule has 5 rings (SSSR count). The van der Waals surface area contributed by atoms with Crippen LogP contribution in [0.25, 0.3) is 11.3 Å². The zero-order valence-corrected chi connectivity index (χ0v) is 17.1. The van der Waals surface area contributed by atoms with Gasteiger partial charge >= 0.3 is 0 Å². The van der Waals surface area contributed by atoms with Crippen molar-refractivity contribution < 1.29 is 13.9 Å². The average Bonchev–Trinajstić information content (AvgIpc) is 3.26. The van der Waals surface area contributed by atoms with Crippen LogP contribution >= 0.6 is 0 Å². The number of fused-ring (bicyclic) bond motifs is 1. The third-order valence-corrected chi connectivity index (χ3v) is 7.04. The number of nitrogens with two attached hydrogens (primary N) is 1. The minimum absolute atomic E-state index is 0.101. The highest BCUT2D eigenvalue weighted by molar-refractivity contribution is 5.80. The molecule has 0 radical (unpaired) electrons. The molecule has 0 bridgehead atoms. The Balaban J connectivity index is 1.21. The molecule has 2 atom stereocenters. The van der Waals surface area contributed by atoms with E-state index >= 15 is 0 Å². The number of benzene rings is 1. The third-order valence-electron chi connectivity index (χ3n) is 7.04. The molecule has 1 saturated carbocycles. The van der Waals surface area contributed by atoms with Crippen molar-refractivity contribution in [3.8, 4) is 11.3 Å². The number of carbonyl (C=O) groups is 1. The molecule has 2 unspecified atom stereocenters. The van der Waals surface area contributed by atoms with Crippen molar-refractivity contribution in [2.45, 2.75) is 25.7 Å². The van der Waals surface area contributed by atoms with Crippen molar-refractivity contribution in [1.82, 2.24) is 9.88 Å². The molecule has 6 heteroatoms. The smallest absolute Gasteiger partial charge is 0.228 e. The molecule has 2 saturated heterocycles. The fourth-order valence-corrected chi connectivity index (χ4v) is 5.40. The number of aromatic nitrogens is 1. The Morgan fingerprint density at radius 2 is 1.77 bits per heavy atom. The summed E-state index contributed by atoms with van der Waals surface area (Å²) >= 11 is 0. The van der Waals surface area contributed by atoms with Crippen LogP contribution in [0.15, 0.2) is 36.4 Å². The number of anilines is 1. The van der Waals surface area contributed by atoms with E-state index in [2.05, 4.69) is 4.98 Å². The zero-order valence-electron chi connectivity index (χ0n) is 17.1. The minimum Gasteiger partial charge on any atom is -0.397 e. The van der Waals surface area contributed by atoms with E-state index < -0.39 is 0 Å². The molecular weight excluding hydrogens is 381 g/mol. The molecule has 3 heterocycles. The quantitative estimate of drug-likeness (QED) is 0.820. The van der Waals surface area contributed by atoms with Gasteiger partial charge in [-0.05, 0) is 73.4 Å². The number of ether oxygens (including phenoxy) is 1. The second-order valence-electron chi connectivity index (χ2n) is 9.21. The van der Waals surface area contributed by atoms with Crippen LogP contribution in [0.2, 0.25) is 0 Å². The van der Waals surface area contributed by atoms with Gasteiger partial charge in [0.05, 0.1) is 36.7 Å². The average molecular weight is 410 g/mol. The monoisotopic (exact) mass is 409 g/mol. The first kappa shape index (κ1) is 19.5. The van der Waals surface area contributed by atoms with E-state index in [1.807, 2.05) is 11.0 Å². The molecule has 1 aromatic carbocycles. The standard InChI is InChI=1S/C24H28FN3O2/c25-20-3-1-17(2-4-20)22-6-5-21(26)23(27-22)10-24(29)28-11-18-8-15(9-19(18)12-28)7-16-13-30-14-16/h1-6,15-16,18-19H,7-14,26H2. The summed E-state index contributed by atoms with van der Waals surface area (Å²) < 4.78 is 18.5. The van der Waals surface area contributed by atoms with Gasteiger partial charge in [0.1, 0.15) is 5.82 Å². The summed E-state index contributed by atoms with van der Waals surface area (Å²) in [6, 6.07) is 9.78. The van der Waals surface area contributed by atoms with E-state index in [0.29, 0.717) is 28.9 Å². The maximum Gasteiger partial charge on any atom is 0.228 e. The first-order valence-electron chi connectivity index (χ1n) is 10.9. The van der Waals surface area contributed by atoms with Crippen LogP contribution in [0.3, 0.4) is 0 Å². The first-order chi connectivity index (χ1) is 14.5.